The number of nitrogens with two attached hydrogens (primary N) is 1. The summed E-state index contributed by atoms with van der Waals surface area (Å²) in [6, 6.07) is 5.48. The number of nitrogens with one attached hydrogen (secondary N) is 1. The van der Waals surface area contributed by atoms with Gasteiger partial charge in [0.1, 0.15) is 0 Å². The van der Waals surface area contributed by atoms with Crippen LogP contribution in [0, 0.1) is 0 Å². The Labute approximate surface area is 189 Å². The van der Waals surface area contributed by atoms with Crippen molar-refractivity contribution in [2.45, 2.75) is 55.2 Å². The largest absolute Gasteiger partial charge is 0.478 e. The monoisotopic (exact) mass is 486 g/mol. The maximum Gasteiger partial charge on any atom is 0.359 e. The fraction of sp³-hybridized carbons (Fsp3) is 0.500. The zero-order valence-electron chi connectivity index (χ0n) is 17.0. The van der Waals surface area contributed by atoms with E-state index in [9.17, 15) is 23.1 Å². The van der Waals surface area contributed by atoms with E-state index in [0.717, 1.165) is 19.3 Å². The first kappa shape index (κ1) is 24.0. The first-order valence-corrected chi connectivity index (χ1v) is 11.8. The van der Waals surface area contributed by atoms with E-state index in [1.165, 1.54) is 24.3 Å². The molecular weight excluding hydrogens is 464 g/mol. The second-order valence-electron chi connectivity index (χ2n) is 7.35. The number of carboxylic acid groups (broad SMARTS) is 1. The van der Waals surface area contributed by atoms with Crippen LogP contribution in [-0.2, 0) is 25.3 Å². The van der Waals surface area contributed by atoms with Crippen LogP contribution in [0.2, 0.25) is 5.02 Å². The van der Waals surface area contributed by atoms with E-state index in [-0.39, 0.29) is 11.4 Å². The van der Waals surface area contributed by atoms with Gasteiger partial charge in [-0.2, -0.15) is 4.68 Å². The predicted octanol–water partition coefficient (Wildman–Crippen LogP) is 0.881. The van der Waals surface area contributed by atoms with Crippen LogP contribution in [-0.4, -0.2) is 58.3 Å². The number of carbonyl (C=O) groups excluding carboxylic acids is 1. The normalized spacial score (nSPS) is 17.0. The molecule has 1 amide bonds. The molecule has 1 aliphatic rings. The summed E-state index contributed by atoms with van der Waals surface area (Å²) in [5.74, 6) is -3.04. The Hall–Kier alpha value is -2.61. The highest BCUT2D eigenvalue weighted by molar-refractivity contribution is 7.89. The lowest BCUT2D eigenvalue weighted by atomic mass is 9.97. The Balaban J connectivity index is 1.89. The highest BCUT2D eigenvalue weighted by Crippen LogP contribution is 2.31. The van der Waals surface area contributed by atoms with Crippen LogP contribution >= 0.6 is 11.6 Å². The van der Waals surface area contributed by atoms with Gasteiger partial charge in [0.05, 0.1) is 11.0 Å². The number of ether oxygens (including phenoxy) is 1. The Bertz CT molecular complexity index is 1070. The molecule has 2 aromatic rings. The fourth-order valence-electron chi connectivity index (χ4n) is 3.56. The lowest BCUT2D eigenvalue weighted by Crippen LogP contribution is -2.51. The number of tetrazole rings is 1. The van der Waals surface area contributed by atoms with E-state index in [0.29, 0.717) is 22.5 Å². The summed E-state index contributed by atoms with van der Waals surface area (Å²) in [6.07, 6.45) is 3.08. The third-order valence-corrected chi connectivity index (χ3v) is 6.89. The summed E-state index contributed by atoms with van der Waals surface area (Å²) in [5.41, 5.74) is 3.06. The summed E-state index contributed by atoms with van der Waals surface area (Å²) in [6.45, 7) is -0.345. The van der Waals surface area contributed by atoms with Crippen LogP contribution in [0.1, 0.15) is 49.1 Å². The van der Waals surface area contributed by atoms with Crippen molar-refractivity contribution in [2.24, 2.45) is 5.73 Å². The molecular formula is C18H23ClN6O6S. The average Bonchev–Trinajstić information content (AvgIpc) is 3.24. The number of primary amides is 1. The van der Waals surface area contributed by atoms with Crippen LogP contribution in [0.4, 0.5) is 0 Å². The first-order valence-electron chi connectivity index (χ1n) is 9.91. The SMILES string of the molecule is NC(=O)c1nnnn1C(CCNS(=O)(=O)c1ccc(Cl)cc1)(OC1CCCCC1)C(=O)O. The number of hydrogen-bond donors (Lipinski definition) is 3. The molecule has 0 spiro atoms. The van der Waals surface area contributed by atoms with Crippen molar-refractivity contribution in [1.29, 1.82) is 0 Å². The molecule has 0 saturated heterocycles. The minimum atomic E-state index is -3.96. The van der Waals surface area contributed by atoms with Crippen molar-refractivity contribution in [3.05, 3.63) is 35.1 Å². The van der Waals surface area contributed by atoms with E-state index in [4.69, 9.17) is 22.1 Å². The van der Waals surface area contributed by atoms with Gasteiger partial charge in [-0.05, 0) is 47.5 Å². The Morgan fingerprint density at radius 1 is 1.25 bits per heavy atom. The van der Waals surface area contributed by atoms with Crippen LogP contribution < -0.4 is 10.5 Å². The van der Waals surface area contributed by atoms with Gasteiger partial charge in [-0.15, -0.1) is 5.10 Å². The Kier molecular flexibility index (Phi) is 7.44. The average molecular weight is 487 g/mol. The number of benzene rings is 1. The second-order valence-corrected chi connectivity index (χ2v) is 9.55. The molecule has 0 bridgehead atoms. The van der Waals surface area contributed by atoms with Gasteiger partial charge < -0.3 is 15.6 Å². The molecule has 1 heterocycles. The maximum absolute atomic E-state index is 12.6. The predicted molar refractivity (Wildman–Crippen MR) is 111 cm³/mol. The summed E-state index contributed by atoms with van der Waals surface area (Å²) in [7, 11) is -3.96. The molecule has 32 heavy (non-hydrogen) atoms. The molecule has 14 heteroatoms. The molecule has 4 N–H and O–H groups in total. The summed E-state index contributed by atoms with van der Waals surface area (Å²) >= 11 is 5.79. The number of aromatic nitrogens is 4. The topological polar surface area (TPSA) is 179 Å². The minimum Gasteiger partial charge on any atom is -0.478 e. The third-order valence-electron chi connectivity index (χ3n) is 5.16. The number of rotatable bonds is 10. The summed E-state index contributed by atoms with van der Waals surface area (Å²) in [4.78, 5) is 24.2. The molecule has 0 radical (unpaired) electrons. The lowest BCUT2D eigenvalue weighted by Gasteiger charge is -2.35. The molecule has 174 valence electrons. The quantitative estimate of drug-likeness (QED) is 0.439. The van der Waals surface area contributed by atoms with Gasteiger partial charge >= 0.3 is 5.97 Å². The molecule has 12 nitrogen and oxygen atoms in total. The van der Waals surface area contributed by atoms with E-state index in [1.807, 2.05) is 0 Å². The number of nitrogens with zero attached hydrogens (tertiary/aromatic N) is 4. The van der Waals surface area contributed by atoms with E-state index in [2.05, 4.69) is 20.2 Å². The Morgan fingerprint density at radius 3 is 2.50 bits per heavy atom. The number of amides is 1. The van der Waals surface area contributed by atoms with Crippen molar-refractivity contribution in [3.63, 3.8) is 0 Å². The number of carbonyl (C=O) groups is 2. The number of halogens is 1. The van der Waals surface area contributed by atoms with Crippen molar-refractivity contribution in [2.75, 3.05) is 6.54 Å². The van der Waals surface area contributed by atoms with Gasteiger partial charge in [0, 0.05) is 18.0 Å². The minimum absolute atomic E-state index is 0.0451. The van der Waals surface area contributed by atoms with E-state index in [1.54, 1.807) is 0 Å². The maximum atomic E-state index is 12.6. The number of sulfonamides is 1. The van der Waals surface area contributed by atoms with E-state index >= 15 is 0 Å². The van der Waals surface area contributed by atoms with Crippen molar-refractivity contribution < 1.29 is 27.9 Å². The lowest BCUT2D eigenvalue weighted by molar-refractivity contribution is -0.203. The zero-order chi connectivity index (χ0) is 23.4. The Morgan fingerprint density at radius 2 is 1.91 bits per heavy atom. The molecule has 1 saturated carbocycles. The summed E-state index contributed by atoms with van der Waals surface area (Å²) in [5, 5.41) is 21.0. The fourth-order valence-corrected chi connectivity index (χ4v) is 4.72. The molecule has 1 aromatic heterocycles. The first-order chi connectivity index (χ1) is 15.2. The van der Waals surface area contributed by atoms with E-state index < -0.39 is 46.0 Å². The molecule has 1 fully saturated rings. The molecule has 1 unspecified atom stereocenters. The highest BCUT2D eigenvalue weighted by Gasteiger charge is 2.47. The van der Waals surface area contributed by atoms with Gasteiger partial charge in [0.15, 0.2) is 0 Å². The molecule has 1 atom stereocenters. The van der Waals surface area contributed by atoms with Crippen LogP contribution in [0.5, 0.6) is 0 Å². The van der Waals surface area contributed by atoms with Gasteiger partial charge in [-0.1, -0.05) is 30.9 Å². The van der Waals surface area contributed by atoms with Crippen LogP contribution in [0.3, 0.4) is 0 Å². The number of aliphatic carboxylic acids is 1. The van der Waals surface area contributed by atoms with Crippen molar-refractivity contribution in [1.82, 2.24) is 24.9 Å². The van der Waals surface area contributed by atoms with Gasteiger partial charge in [-0.3, -0.25) is 4.79 Å². The molecule has 1 aliphatic carbocycles. The molecule has 1 aromatic carbocycles. The van der Waals surface area contributed by atoms with Gasteiger partial charge in [0.25, 0.3) is 11.6 Å². The van der Waals surface area contributed by atoms with Crippen LogP contribution in [0.25, 0.3) is 0 Å². The molecule has 3 rings (SSSR count). The van der Waals surface area contributed by atoms with Gasteiger partial charge in [0.2, 0.25) is 15.8 Å². The third kappa shape index (κ3) is 5.23. The van der Waals surface area contributed by atoms with Crippen LogP contribution in [0.15, 0.2) is 29.2 Å². The van der Waals surface area contributed by atoms with Crippen molar-refractivity contribution >= 4 is 33.5 Å². The highest BCUT2D eigenvalue weighted by atomic mass is 35.5. The zero-order valence-corrected chi connectivity index (χ0v) is 18.5. The summed E-state index contributed by atoms with van der Waals surface area (Å²) < 4.78 is 34.2. The van der Waals surface area contributed by atoms with Crippen molar-refractivity contribution in [3.8, 4) is 0 Å². The number of hydrogen-bond acceptors (Lipinski definition) is 8. The number of carboxylic acids is 1. The second kappa shape index (κ2) is 9.90. The molecule has 0 aliphatic heterocycles. The van der Waals surface area contributed by atoms with Gasteiger partial charge in [-0.25, -0.2) is 17.9 Å². The standard InChI is InChI=1S/C18H23ClN6O6S/c19-12-6-8-14(9-7-12)32(29,30)21-11-10-18(17(27)28,31-13-4-2-1-3-5-13)25-16(15(20)26)22-23-24-25/h6-9,13,21H,1-5,10-11H2,(H2,20,26)(H,27,28). The smallest absolute Gasteiger partial charge is 0.359 e.